The Morgan fingerprint density at radius 2 is 1.25 bits per heavy atom. The molecule has 0 aliphatic carbocycles. The van der Waals surface area contributed by atoms with Crippen LogP contribution in [0.4, 0.5) is 0 Å². The summed E-state index contributed by atoms with van der Waals surface area (Å²) in [6.07, 6.45) is 0. The van der Waals surface area contributed by atoms with Crippen molar-refractivity contribution in [3.05, 3.63) is 35.4 Å². The molecule has 0 aromatic heterocycles. The van der Waals surface area contributed by atoms with Gasteiger partial charge in [-0.1, -0.05) is 24.3 Å². The van der Waals surface area contributed by atoms with E-state index in [2.05, 4.69) is 51.2 Å². The summed E-state index contributed by atoms with van der Waals surface area (Å²) >= 11 is 8.84. The van der Waals surface area contributed by atoms with Crippen LogP contribution in [0.3, 0.4) is 0 Å². The Bertz CT molecular complexity index is 227. The van der Waals surface area contributed by atoms with Crippen LogP contribution in [-0.2, 0) is 0 Å². The van der Waals surface area contributed by atoms with Crippen molar-refractivity contribution in [3.63, 3.8) is 0 Å². The first kappa shape index (κ1) is 10.0. The lowest BCUT2D eigenvalue weighted by Crippen LogP contribution is -1.94. The SMILES string of the molecule is CC(S)c1ccccc1C(C)S. The van der Waals surface area contributed by atoms with E-state index in [4.69, 9.17) is 0 Å². The van der Waals surface area contributed by atoms with Crippen LogP contribution in [0.2, 0.25) is 0 Å². The Morgan fingerprint density at radius 3 is 1.50 bits per heavy atom. The summed E-state index contributed by atoms with van der Waals surface area (Å²) in [5.41, 5.74) is 2.56. The second kappa shape index (κ2) is 4.24. The van der Waals surface area contributed by atoms with Crippen molar-refractivity contribution in [3.8, 4) is 0 Å². The third-order valence-electron chi connectivity index (χ3n) is 1.90. The Hall–Kier alpha value is -0.0800. The maximum absolute atomic E-state index is 4.42. The quantitative estimate of drug-likeness (QED) is 0.666. The molecule has 2 unspecified atom stereocenters. The number of thiol groups is 2. The summed E-state index contributed by atoms with van der Waals surface area (Å²) in [4.78, 5) is 0. The topological polar surface area (TPSA) is 0 Å². The minimum Gasteiger partial charge on any atom is -0.171 e. The zero-order valence-electron chi connectivity index (χ0n) is 7.36. The zero-order chi connectivity index (χ0) is 9.14. The highest BCUT2D eigenvalue weighted by Crippen LogP contribution is 2.29. The lowest BCUT2D eigenvalue weighted by Gasteiger charge is -2.13. The molecule has 0 aliphatic rings. The van der Waals surface area contributed by atoms with Crippen LogP contribution < -0.4 is 0 Å². The van der Waals surface area contributed by atoms with Gasteiger partial charge in [-0.2, -0.15) is 25.3 Å². The molecule has 0 spiro atoms. The Kier molecular flexibility index (Phi) is 3.53. The first-order chi connectivity index (χ1) is 5.63. The fourth-order valence-corrected chi connectivity index (χ4v) is 1.74. The molecule has 0 radical (unpaired) electrons. The average Bonchev–Trinajstić information content (AvgIpc) is 2.04. The molecule has 0 saturated heterocycles. The molecule has 0 saturated carbocycles. The van der Waals surface area contributed by atoms with Crippen LogP contribution in [0.5, 0.6) is 0 Å². The van der Waals surface area contributed by atoms with Crippen LogP contribution in [0.25, 0.3) is 0 Å². The first-order valence-corrected chi connectivity index (χ1v) is 5.11. The van der Waals surface area contributed by atoms with E-state index in [1.54, 1.807) is 0 Å². The molecule has 0 amide bonds. The van der Waals surface area contributed by atoms with Gasteiger partial charge in [-0.15, -0.1) is 0 Å². The number of hydrogen-bond donors (Lipinski definition) is 2. The van der Waals surface area contributed by atoms with Crippen molar-refractivity contribution in [2.45, 2.75) is 24.3 Å². The van der Waals surface area contributed by atoms with Gasteiger partial charge in [-0.05, 0) is 25.0 Å². The molecule has 0 fully saturated rings. The molecule has 2 heteroatoms. The summed E-state index contributed by atoms with van der Waals surface area (Å²) in [7, 11) is 0. The van der Waals surface area contributed by atoms with Crippen molar-refractivity contribution in [1.82, 2.24) is 0 Å². The van der Waals surface area contributed by atoms with Crippen molar-refractivity contribution in [2.24, 2.45) is 0 Å². The standard InChI is InChI=1S/C10H14S2/c1-7(11)9-5-3-4-6-10(9)8(2)12/h3-8,11-12H,1-2H3. The van der Waals surface area contributed by atoms with Crippen molar-refractivity contribution >= 4 is 25.3 Å². The molecule has 66 valence electrons. The van der Waals surface area contributed by atoms with Gasteiger partial charge in [0, 0.05) is 10.5 Å². The van der Waals surface area contributed by atoms with E-state index < -0.39 is 0 Å². The summed E-state index contributed by atoms with van der Waals surface area (Å²) in [5.74, 6) is 0. The van der Waals surface area contributed by atoms with Gasteiger partial charge in [0.1, 0.15) is 0 Å². The Balaban J connectivity index is 3.09. The molecule has 0 N–H and O–H groups in total. The summed E-state index contributed by atoms with van der Waals surface area (Å²) in [6, 6.07) is 8.31. The van der Waals surface area contributed by atoms with Gasteiger partial charge < -0.3 is 0 Å². The number of benzene rings is 1. The van der Waals surface area contributed by atoms with Gasteiger partial charge in [0.2, 0.25) is 0 Å². The molecular formula is C10H14S2. The van der Waals surface area contributed by atoms with Crippen molar-refractivity contribution in [2.75, 3.05) is 0 Å². The largest absolute Gasteiger partial charge is 0.171 e. The maximum Gasteiger partial charge on any atom is 0.0242 e. The van der Waals surface area contributed by atoms with E-state index in [9.17, 15) is 0 Å². The Morgan fingerprint density at radius 1 is 0.917 bits per heavy atom. The van der Waals surface area contributed by atoms with E-state index in [1.807, 2.05) is 12.1 Å². The molecule has 1 aromatic carbocycles. The van der Waals surface area contributed by atoms with E-state index in [1.165, 1.54) is 11.1 Å². The van der Waals surface area contributed by atoms with Crippen LogP contribution in [0.1, 0.15) is 35.5 Å². The van der Waals surface area contributed by atoms with Crippen molar-refractivity contribution < 1.29 is 0 Å². The molecule has 2 atom stereocenters. The van der Waals surface area contributed by atoms with E-state index in [0.717, 1.165) is 0 Å². The molecule has 0 nitrogen and oxygen atoms in total. The Labute approximate surface area is 85.2 Å². The van der Waals surface area contributed by atoms with Gasteiger partial charge in [0.25, 0.3) is 0 Å². The average molecular weight is 198 g/mol. The van der Waals surface area contributed by atoms with E-state index in [0.29, 0.717) is 0 Å². The third kappa shape index (κ3) is 2.20. The molecule has 0 heterocycles. The summed E-state index contributed by atoms with van der Waals surface area (Å²) in [6.45, 7) is 4.16. The van der Waals surface area contributed by atoms with Gasteiger partial charge >= 0.3 is 0 Å². The van der Waals surface area contributed by atoms with Crippen LogP contribution in [0, 0.1) is 0 Å². The van der Waals surface area contributed by atoms with Gasteiger partial charge in [0.05, 0.1) is 0 Å². The monoisotopic (exact) mass is 198 g/mol. The molecule has 0 bridgehead atoms. The maximum atomic E-state index is 4.42. The smallest absolute Gasteiger partial charge is 0.0242 e. The molecule has 0 aliphatic heterocycles. The second-order valence-electron chi connectivity index (χ2n) is 2.98. The predicted molar refractivity (Wildman–Crippen MR) is 61.2 cm³/mol. The highest BCUT2D eigenvalue weighted by atomic mass is 32.1. The minimum atomic E-state index is 0.288. The summed E-state index contributed by atoms with van der Waals surface area (Å²) < 4.78 is 0. The van der Waals surface area contributed by atoms with Crippen LogP contribution >= 0.6 is 25.3 Å². The summed E-state index contributed by atoms with van der Waals surface area (Å²) in [5, 5.41) is 0.576. The fraction of sp³-hybridized carbons (Fsp3) is 0.400. The van der Waals surface area contributed by atoms with Gasteiger partial charge in [-0.3, -0.25) is 0 Å². The lowest BCUT2D eigenvalue weighted by atomic mass is 10.0. The second-order valence-corrected chi connectivity index (χ2v) is 4.53. The van der Waals surface area contributed by atoms with E-state index in [-0.39, 0.29) is 10.5 Å². The minimum absolute atomic E-state index is 0.288. The normalized spacial score (nSPS) is 15.7. The van der Waals surface area contributed by atoms with E-state index >= 15 is 0 Å². The molecular weight excluding hydrogens is 184 g/mol. The molecule has 1 aromatic rings. The van der Waals surface area contributed by atoms with Gasteiger partial charge in [-0.25, -0.2) is 0 Å². The highest BCUT2D eigenvalue weighted by molar-refractivity contribution is 7.80. The molecule has 1 rings (SSSR count). The first-order valence-electron chi connectivity index (χ1n) is 4.08. The lowest BCUT2D eigenvalue weighted by molar-refractivity contribution is 1.01. The zero-order valence-corrected chi connectivity index (χ0v) is 9.15. The van der Waals surface area contributed by atoms with Crippen LogP contribution in [-0.4, -0.2) is 0 Å². The van der Waals surface area contributed by atoms with Crippen molar-refractivity contribution in [1.29, 1.82) is 0 Å². The third-order valence-corrected chi connectivity index (χ3v) is 2.45. The van der Waals surface area contributed by atoms with Gasteiger partial charge in [0.15, 0.2) is 0 Å². The number of rotatable bonds is 2. The fourth-order valence-electron chi connectivity index (χ4n) is 1.27. The highest BCUT2D eigenvalue weighted by Gasteiger charge is 2.08. The van der Waals surface area contributed by atoms with Crippen LogP contribution in [0.15, 0.2) is 24.3 Å². The number of hydrogen-bond acceptors (Lipinski definition) is 2. The molecule has 12 heavy (non-hydrogen) atoms. The predicted octanol–water partition coefficient (Wildman–Crippen LogP) is 3.67.